The van der Waals surface area contributed by atoms with Gasteiger partial charge in [0.05, 0.1) is 5.75 Å². The van der Waals surface area contributed by atoms with Crippen LogP contribution in [0.5, 0.6) is 5.75 Å². The molecule has 0 unspecified atom stereocenters. The highest BCUT2D eigenvalue weighted by Crippen LogP contribution is 2.21. The number of hydrogen-bond acceptors (Lipinski definition) is 6. The normalized spacial score (nSPS) is 10.6. The Morgan fingerprint density at radius 3 is 2.41 bits per heavy atom. The van der Waals surface area contributed by atoms with Crippen molar-refractivity contribution in [1.82, 2.24) is 15.2 Å². The van der Waals surface area contributed by atoms with Gasteiger partial charge < -0.3 is 10.4 Å². The van der Waals surface area contributed by atoms with Gasteiger partial charge in [-0.2, -0.15) is 0 Å². The van der Waals surface area contributed by atoms with E-state index in [4.69, 9.17) is 0 Å². The molecule has 138 valence electrons. The summed E-state index contributed by atoms with van der Waals surface area (Å²) in [5.41, 5.74) is 3.06. The number of nitrogens with zero attached hydrogens (tertiary/aromatic N) is 2. The lowest BCUT2D eigenvalue weighted by Gasteiger charge is -2.11. The lowest BCUT2D eigenvalue weighted by atomic mass is 10.1. The molecule has 0 aliphatic heterocycles. The third-order valence-corrected chi connectivity index (χ3v) is 4.77. The Morgan fingerprint density at radius 2 is 1.78 bits per heavy atom. The monoisotopic (exact) mass is 382 g/mol. The van der Waals surface area contributed by atoms with Gasteiger partial charge in [0.25, 0.3) is 5.56 Å². The maximum absolute atomic E-state index is 12.2. The fourth-order valence-electron chi connectivity index (χ4n) is 2.52. The van der Waals surface area contributed by atoms with Gasteiger partial charge in [0.1, 0.15) is 5.75 Å². The zero-order valence-corrected chi connectivity index (χ0v) is 15.6. The molecule has 8 heteroatoms. The number of carbonyl (C=O) groups excluding carboxylic acids is 1. The Morgan fingerprint density at radius 1 is 1.11 bits per heavy atom. The summed E-state index contributed by atoms with van der Waals surface area (Å²) in [6, 6.07) is 11.9. The lowest BCUT2D eigenvalue weighted by molar-refractivity contribution is -0.113. The van der Waals surface area contributed by atoms with Crippen molar-refractivity contribution in [2.45, 2.75) is 19.0 Å². The van der Waals surface area contributed by atoms with Crippen LogP contribution in [0.15, 0.2) is 52.4 Å². The fourth-order valence-corrected chi connectivity index (χ4v) is 3.12. The summed E-state index contributed by atoms with van der Waals surface area (Å²) in [4.78, 5) is 27.0. The molecular weight excluding hydrogens is 364 g/mol. The second kappa shape index (κ2) is 8.05. The third-order valence-electron chi connectivity index (χ3n) is 3.90. The second-order valence-corrected chi connectivity index (χ2v) is 6.92. The summed E-state index contributed by atoms with van der Waals surface area (Å²) in [5, 5.41) is 20.4. The number of amides is 1. The lowest BCUT2D eigenvalue weighted by Crippen LogP contribution is -2.18. The van der Waals surface area contributed by atoms with Crippen LogP contribution in [0.25, 0.3) is 11.3 Å². The largest absolute Gasteiger partial charge is 0.508 e. The van der Waals surface area contributed by atoms with Gasteiger partial charge in [0, 0.05) is 11.3 Å². The quantitative estimate of drug-likeness (QED) is 0.586. The SMILES string of the molecule is Cc1cccc(C)c1NC(=O)CSc1nnc(-c2ccc(O)cc2)c(=O)[nH]1. The molecule has 1 amide bonds. The molecule has 1 aromatic heterocycles. The van der Waals surface area contributed by atoms with Crippen molar-refractivity contribution in [3.8, 4) is 17.0 Å². The zero-order valence-electron chi connectivity index (χ0n) is 14.8. The van der Waals surface area contributed by atoms with Gasteiger partial charge in [-0.3, -0.25) is 14.6 Å². The minimum absolute atomic E-state index is 0.0942. The zero-order chi connectivity index (χ0) is 19.4. The predicted molar refractivity (Wildman–Crippen MR) is 105 cm³/mol. The molecule has 3 N–H and O–H groups in total. The molecule has 0 aliphatic rings. The summed E-state index contributed by atoms with van der Waals surface area (Å²) in [5.74, 6) is 0.00427. The van der Waals surface area contributed by atoms with Crippen LogP contribution in [-0.4, -0.2) is 31.9 Å². The van der Waals surface area contributed by atoms with E-state index in [-0.39, 0.29) is 28.3 Å². The van der Waals surface area contributed by atoms with Crippen molar-refractivity contribution in [2.75, 3.05) is 11.1 Å². The van der Waals surface area contributed by atoms with Gasteiger partial charge in [-0.05, 0) is 49.2 Å². The van der Waals surface area contributed by atoms with Gasteiger partial charge in [-0.1, -0.05) is 30.0 Å². The van der Waals surface area contributed by atoms with Crippen molar-refractivity contribution >= 4 is 23.4 Å². The van der Waals surface area contributed by atoms with Crippen LogP contribution in [0.4, 0.5) is 5.69 Å². The van der Waals surface area contributed by atoms with E-state index < -0.39 is 5.56 Å². The van der Waals surface area contributed by atoms with Gasteiger partial charge in [0.15, 0.2) is 10.9 Å². The number of anilines is 1. The molecule has 0 bridgehead atoms. The van der Waals surface area contributed by atoms with E-state index >= 15 is 0 Å². The fraction of sp³-hybridized carbons (Fsp3) is 0.158. The highest BCUT2D eigenvalue weighted by Gasteiger charge is 2.11. The van der Waals surface area contributed by atoms with Crippen LogP contribution in [-0.2, 0) is 4.79 Å². The second-order valence-electron chi connectivity index (χ2n) is 5.96. The summed E-state index contributed by atoms with van der Waals surface area (Å²) < 4.78 is 0. The van der Waals surface area contributed by atoms with E-state index in [9.17, 15) is 14.7 Å². The molecule has 0 saturated heterocycles. The molecule has 3 rings (SSSR count). The van der Waals surface area contributed by atoms with Crippen LogP contribution in [0.3, 0.4) is 0 Å². The van der Waals surface area contributed by atoms with E-state index in [0.29, 0.717) is 5.56 Å². The molecule has 0 atom stereocenters. The molecule has 0 aliphatic carbocycles. The van der Waals surface area contributed by atoms with Crippen molar-refractivity contribution in [1.29, 1.82) is 0 Å². The Balaban J connectivity index is 1.66. The Labute approximate surface area is 159 Å². The van der Waals surface area contributed by atoms with E-state index in [1.165, 1.54) is 12.1 Å². The van der Waals surface area contributed by atoms with Crippen molar-refractivity contribution in [2.24, 2.45) is 0 Å². The van der Waals surface area contributed by atoms with Gasteiger partial charge >= 0.3 is 0 Å². The molecule has 7 nitrogen and oxygen atoms in total. The first-order chi connectivity index (χ1) is 12.9. The number of aromatic hydroxyl groups is 1. The number of benzene rings is 2. The highest BCUT2D eigenvalue weighted by molar-refractivity contribution is 7.99. The Bertz CT molecular complexity index is 1010. The third kappa shape index (κ3) is 4.53. The number of para-hydroxylation sites is 1. The first-order valence-corrected chi connectivity index (χ1v) is 9.18. The number of thioether (sulfide) groups is 1. The standard InChI is InChI=1S/C19H18N4O3S/c1-11-4-3-5-12(2)16(11)20-15(25)10-27-19-21-18(26)17(22-23-19)13-6-8-14(24)9-7-13/h3-9,24H,10H2,1-2H3,(H,20,25)(H,21,23,26). The van der Waals surface area contributed by atoms with Gasteiger partial charge in [0.2, 0.25) is 5.91 Å². The molecule has 0 radical (unpaired) electrons. The van der Waals surface area contributed by atoms with E-state index in [1.54, 1.807) is 12.1 Å². The van der Waals surface area contributed by atoms with Crippen LogP contribution < -0.4 is 10.9 Å². The number of hydrogen-bond donors (Lipinski definition) is 3. The first kappa shape index (κ1) is 18.7. The maximum atomic E-state index is 12.2. The number of aryl methyl sites for hydroxylation is 2. The van der Waals surface area contributed by atoms with Crippen LogP contribution in [0.1, 0.15) is 11.1 Å². The van der Waals surface area contributed by atoms with Gasteiger partial charge in [-0.25, -0.2) is 0 Å². The molecule has 3 aromatic rings. The maximum Gasteiger partial charge on any atom is 0.278 e. The number of phenolic OH excluding ortho intramolecular Hbond substituents is 1. The number of carbonyl (C=O) groups is 1. The van der Waals surface area contributed by atoms with Crippen molar-refractivity contribution < 1.29 is 9.90 Å². The predicted octanol–water partition coefficient (Wildman–Crippen LogP) is 2.89. The van der Waals surface area contributed by atoms with Crippen LogP contribution in [0, 0.1) is 13.8 Å². The van der Waals surface area contributed by atoms with E-state index in [1.807, 2.05) is 32.0 Å². The smallest absolute Gasteiger partial charge is 0.278 e. The summed E-state index contributed by atoms with van der Waals surface area (Å²) in [6.07, 6.45) is 0. The van der Waals surface area contributed by atoms with Crippen LogP contribution >= 0.6 is 11.8 Å². The molecule has 0 spiro atoms. The molecule has 2 aromatic carbocycles. The Kier molecular flexibility index (Phi) is 5.56. The van der Waals surface area contributed by atoms with Crippen molar-refractivity contribution in [3.63, 3.8) is 0 Å². The topological polar surface area (TPSA) is 108 Å². The van der Waals surface area contributed by atoms with E-state index in [2.05, 4.69) is 20.5 Å². The van der Waals surface area contributed by atoms with E-state index in [0.717, 1.165) is 28.6 Å². The summed E-state index contributed by atoms with van der Waals surface area (Å²) in [7, 11) is 0. The summed E-state index contributed by atoms with van der Waals surface area (Å²) in [6.45, 7) is 3.86. The number of nitrogens with one attached hydrogen (secondary N) is 2. The molecule has 0 saturated carbocycles. The molecule has 27 heavy (non-hydrogen) atoms. The molecular formula is C19H18N4O3S. The minimum Gasteiger partial charge on any atom is -0.508 e. The average molecular weight is 382 g/mol. The number of aromatic amines is 1. The number of rotatable bonds is 5. The minimum atomic E-state index is -0.409. The number of H-pyrrole nitrogens is 1. The number of aromatic nitrogens is 3. The Hall–Kier alpha value is -3.13. The first-order valence-electron chi connectivity index (χ1n) is 8.19. The number of phenols is 1. The molecule has 1 heterocycles. The molecule has 0 fully saturated rings. The van der Waals surface area contributed by atoms with Crippen molar-refractivity contribution in [3.05, 3.63) is 63.9 Å². The summed E-state index contributed by atoms with van der Waals surface area (Å²) >= 11 is 1.10. The average Bonchev–Trinajstić information content (AvgIpc) is 2.64. The highest BCUT2D eigenvalue weighted by atomic mass is 32.2. The van der Waals surface area contributed by atoms with Crippen LogP contribution in [0.2, 0.25) is 0 Å². The van der Waals surface area contributed by atoms with Gasteiger partial charge in [-0.15, -0.1) is 10.2 Å².